The molecule has 0 bridgehead atoms. The summed E-state index contributed by atoms with van der Waals surface area (Å²) in [4.78, 5) is 14.5. The van der Waals surface area contributed by atoms with E-state index in [1.807, 2.05) is 19.1 Å². The highest BCUT2D eigenvalue weighted by Gasteiger charge is 2.30. The number of hydrogen-bond donors (Lipinski definition) is 0. The van der Waals surface area contributed by atoms with Crippen molar-refractivity contribution in [3.8, 4) is 0 Å². The fraction of sp³-hybridized carbons (Fsp3) is 0.381. The molecule has 5 nitrogen and oxygen atoms in total. The summed E-state index contributed by atoms with van der Waals surface area (Å²) in [5, 5.41) is 0. The topological polar surface area (TPSA) is 57.7 Å². The molecule has 2 aromatic rings. The van der Waals surface area contributed by atoms with E-state index in [9.17, 15) is 17.6 Å². The highest BCUT2D eigenvalue weighted by atomic mass is 32.2. The van der Waals surface area contributed by atoms with Gasteiger partial charge in [-0.2, -0.15) is 4.31 Å². The molecular weight excluding hydrogens is 379 g/mol. The zero-order valence-electron chi connectivity index (χ0n) is 16.2. The molecule has 0 atom stereocenters. The number of carbonyl (C=O) groups is 1. The first-order valence-corrected chi connectivity index (χ1v) is 10.8. The van der Waals surface area contributed by atoms with Gasteiger partial charge in [-0.05, 0) is 55.2 Å². The number of hydrogen-bond acceptors (Lipinski definition) is 3. The predicted molar refractivity (Wildman–Crippen MR) is 106 cm³/mol. The van der Waals surface area contributed by atoms with Crippen molar-refractivity contribution < 1.29 is 17.6 Å². The van der Waals surface area contributed by atoms with Gasteiger partial charge >= 0.3 is 0 Å². The van der Waals surface area contributed by atoms with E-state index in [0.717, 1.165) is 16.7 Å². The van der Waals surface area contributed by atoms with E-state index in [4.69, 9.17) is 0 Å². The molecule has 0 radical (unpaired) electrons. The van der Waals surface area contributed by atoms with Gasteiger partial charge in [-0.1, -0.05) is 24.3 Å². The van der Waals surface area contributed by atoms with Gasteiger partial charge in [0.15, 0.2) is 0 Å². The third-order valence-electron chi connectivity index (χ3n) is 5.07. The molecule has 0 saturated carbocycles. The van der Waals surface area contributed by atoms with Gasteiger partial charge < -0.3 is 4.90 Å². The quantitative estimate of drug-likeness (QED) is 0.770. The van der Waals surface area contributed by atoms with Gasteiger partial charge in [-0.15, -0.1) is 0 Å². The normalized spacial score (nSPS) is 15.6. The fourth-order valence-electron chi connectivity index (χ4n) is 3.40. The molecule has 1 aliphatic rings. The number of carbonyl (C=O) groups excluding carboxylic acids is 1. The lowest BCUT2D eigenvalue weighted by Gasteiger charge is -2.34. The van der Waals surface area contributed by atoms with Crippen LogP contribution in [0.1, 0.15) is 23.1 Å². The summed E-state index contributed by atoms with van der Waals surface area (Å²) in [7, 11) is -3.57. The maximum atomic E-state index is 13.2. The number of benzene rings is 2. The molecule has 0 aromatic heterocycles. The summed E-state index contributed by atoms with van der Waals surface area (Å²) in [5.41, 5.74) is 2.40. The first-order chi connectivity index (χ1) is 13.3. The van der Waals surface area contributed by atoms with Crippen molar-refractivity contribution >= 4 is 15.9 Å². The van der Waals surface area contributed by atoms with Gasteiger partial charge in [0.2, 0.25) is 15.9 Å². The molecule has 0 spiro atoms. The van der Waals surface area contributed by atoms with E-state index >= 15 is 0 Å². The van der Waals surface area contributed by atoms with Crippen LogP contribution >= 0.6 is 0 Å². The Labute approximate surface area is 165 Å². The zero-order valence-corrected chi connectivity index (χ0v) is 17.0. The third-order valence-corrected chi connectivity index (χ3v) is 7.11. The summed E-state index contributed by atoms with van der Waals surface area (Å²) in [5.74, 6) is -0.344. The van der Waals surface area contributed by atoms with Crippen LogP contribution in [0.15, 0.2) is 47.4 Å². The minimum absolute atomic E-state index is 0.0342. The number of amides is 1. The Balaban J connectivity index is 1.59. The van der Waals surface area contributed by atoms with Crippen LogP contribution in [0, 0.1) is 19.7 Å². The van der Waals surface area contributed by atoms with Gasteiger partial charge in [0.25, 0.3) is 0 Å². The third kappa shape index (κ3) is 4.59. The number of halogens is 1. The lowest BCUT2D eigenvalue weighted by atomic mass is 10.1. The molecule has 150 valence electrons. The molecule has 7 heteroatoms. The average Bonchev–Trinajstić information content (AvgIpc) is 2.68. The average molecular weight is 405 g/mol. The second-order valence-electron chi connectivity index (χ2n) is 7.18. The lowest BCUT2D eigenvalue weighted by molar-refractivity contribution is -0.132. The predicted octanol–water partition coefficient (Wildman–Crippen LogP) is 2.91. The highest BCUT2D eigenvalue weighted by molar-refractivity contribution is 7.89. The Bertz CT molecular complexity index is 967. The van der Waals surface area contributed by atoms with E-state index in [1.165, 1.54) is 16.4 Å². The fourth-order valence-corrected chi connectivity index (χ4v) is 5.14. The van der Waals surface area contributed by atoms with E-state index < -0.39 is 10.0 Å². The van der Waals surface area contributed by atoms with Crippen molar-refractivity contribution in [3.05, 3.63) is 65.0 Å². The van der Waals surface area contributed by atoms with Crippen LogP contribution in [0.2, 0.25) is 0 Å². The van der Waals surface area contributed by atoms with Gasteiger partial charge in [0.1, 0.15) is 5.82 Å². The van der Waals surface area contributed by atoms with Gasteiger partial charge in [0.05, 0.1) is 4.90 Å². The molecule has 3 rings (SSSR count). The van der Waals surface area contributed by atoms with E-state index in [1.54, 1.807) is 30.0 Å². The molecule has 0 unspecified atom stereocenters. The van der Waals surface area contributed by atoms with Crippen LogP contribution in [0.25, 0.3) is 0 Å². The largest absolute Gasteiger partial charge is 0.340 e. The van der Waals surface area contributed by atoms with Gasteiger partial charge in [-0.3, -0.25) is 4.79 Å². The molecule has 1 heterocycles. The first-order valence-electron chi connectivity index (χ1n) is 9.37. The van der Waals surface area contributed by atoms with E-state index in [0.29, 0.717) is 24.4 Å². The number of aryl methyl sites for hydroxylation is 3. The van der Waals surface area contributed by atoms with E-state index in [-0.39, 0.29) is 31.2 Å². The highest BCUT2D eigenvalue weighted by Crippen LogP contribution is 2.22. The number of sulfonamides is 1. The molecule has 0 N–H and O–H groups in total. The summed E-state index contributed by atoms with van der Waals surface area (Å²) in [6.45, 7) is 4.95. The second-order valence-corrected chi connectivity index (χ2v) is 9.09. The summed E-state index contributed by atoms with van der Waals surface area (Å²) < 4.78 is 40.6. The summed E-state index contributed by atoms with van der Waals surface area (Å²) in [6.07, 6.45) is 0.755. The van der Waals surface area contributed by atoms with Gasteiger partial charge in [0, 0.05) is 32.6 Å². The Morgan fingerprint density at radius 3 is 2.43 bits per heavy atom. The van der Waals surface area contributed by atoms with Gasteiger partial charge in [-0.25, -0.2) is 12.8 Å². The van der Waals surface area contributed by atoms with Crippen LogP contribution in [-0.2, 0) is 21.2 Å². The van der Waals surface area contributed by atoms with Crippen LogP contribution in [0.4, 0.5) is 4.39 Å². The molecule has 28 heavy (non-hydrogen) atoms. The molecule has 1 aliphatic heterocycles. The Hall–Kier alpha value is -2.25. The maximum absolute atomic E-state index is 13.2. The minimum atomic E-state index is -3.57. The summed E-state index contributed by atoms with van der Waals surface area (Å²) >= 11 is 0. The maximum Gasteiger partial charge on any atom is 0.243 e. The second kappa shape index (κ2) is 8.41. The van der Waals surface area contributed by atoms with Crippen molar-refractivity contribution in [2.24, 2.45) is 0 Å². The molecule has 2 aromatic carbocycles. The van der Waals surface area contributed by atoms with Crippen LogP contribution in [0.3, 0.4) is 0 Å². The van der Waals surface area contributed by atoms with Crippen molar-refractivity contribution in [2.45, 2.75) is 31.6 Å². The van der Waals surface area contributed by atoms with Crippen LogP contribution in [-0.4, -0.2) is 49.7 Å². The number of nitrogens with zero attached hydrogens (tertiary/aromatic N) is 2. The molecule has 1 saturated heterocycles. The van der Waals surface area contributed by atoms with Crippen molar-refractivity contribution in [1.29, 1.82) is 0 Å². The van der Waals surface area contributed by atoms with Crippen LogP contribution < -0.4 is 0 Å². The minimum Gasteiger partial charge on any atom is -0.340 e. The molecule has 1 amide bonds. The molecular formula is C21H25FN2O3S. The SMILES string of the molecule is Cc1ccc(C)c(S(=O)(=O)N2CCN(C(=O)CCc3cccc(F)c3)CC2)c1. The zero-order chi connectivity index (χ0) is 20.3. The number of rotatable bonds is 5. The smallest absolute Gasteiger partial charge is 0.243 e. The first kappa shape index (κ1) is 20.5. The Morgan fingerprint density at radius 2 is 1.75 bits per heavy atom. The standard InChI is InChI=1S/C21H25FN2O3S/c1-16-6-7-17(2)20(14-16)28(26,27)24-12-10-23(11-13-24)21(25)9-8-18-4-3-5-19(22)15-18/h3-7,14-15H,8-13H2,1-2H3. The lowest BCUT2D eigenvalue weighted by Crippen LogP contribution is -2.50. The molecule has 1 fully saturated rings. The Kier molecular flexibility index (Phi) is 6.15. The molecule has 0 aliphatic carbocycles. The van der Waals surface area contributed by atoms with Crippen LogP contribution in [0.5, 0.6) is 0 Å². The number of piperazine rings is 1. The van der Waals surface area contributed by atoms with Crippen molar-refractivity contribution in [1.82, 2.24) is 9.21 Å². The summed E-state index contributed by atoms with van der Waals surface area (Å²) in [6, 6.07) is 11.6. The van der Waals surface area contributed by atoms with Crippen molar-refractivity contribution in [2.75, 3.05) is 26.2 Å². The van der Waals surface area contributed by atoms with Crippen molar-refractivity contribution in [3.63, 3.8) is 0 Å². The van der Waals surface area contributed by atoms with E-state index in [2.05, 4.69) is 0 Å². The monoisotopic (exact) mass is 404 g/mol. The Morgan fingerprint density at radius 1 is 1.04 bits per heavy atom.